The highest BCUT2D eigenvalue weighted by Crippen LogP contribution is 2.30. The second kappa shape index (κ2) is 5.01. The molecule has 1 rings (SSSR count). The molecule has 0 heterocycles. The number of halogens is 5. The van der Waals surface area contributed by atoms with Crippen LogP contribution in [0.25, 0.3) is 0 Å². The first-order chi connectivity index (χ1) is 7.36. The molecule has 1 nitrogen and oxygen atoms in total. The molecular weight excluding hydrogens is 251 g/mol. The van der Waals surface area contributed by atoms with Crippen molar-refractivity contribution in [2.24, 2.45) is 0 Å². The molecule has 0 saturated heterocycles. The Bertz CT molecular complexity index is 378. The molecule has 0 aliphatic rings. The molecule has 1 aromatic carbocycles. The molecule has 0 aromatic heterocycles. The Morgan fingerprint density at radius 3 is 1.69 bits per heavy atom. The summed E-state index contributed by atoms with van der Waals surface area (Å²) in [5.41, 5.74) is 0. The van der Waals surface area contributed by atoms with E-state index >= 15 is 0 Å². The standard InChI is InChI=1S/C9H7F5OS/c1-3(15)2-16-9-7(13)5(11)4(10)6(12)8(9)14/h3,15H,2H2,1H3. The van der Waals surface area contributed by atoms with Crippen LogP contribution in [0.4, 0.5) is 22.0 Å². The van der Waals surface area contributed by atoms with Crippen molar-refractivity contribution in [3.8, 4) is 0 Å². The van der Waals surface area contributed by atoms with Gasteiger partial charge in [0.15, 0.2) is 23.3 Å². The summed E-state index contributed by atoms with van der Waals surface area (Å²) in [7, 11) is 0. The minimum absolute atomic E-state index is 0.168. The van der Waals surface area contributed by atoms with E-state index in [-0.39, 0.29) is 5.75 Å². The van der Waals surface area contributed by atoms with Crippen LogP contribution in [0.5, 0.6) is 0 Å². The number of aliphatic hydroxyl groups excluding tert-OH is 1. The number of aliphatic hydroxyl groups is 1. The van der Waals surface area contributed by atoms with E-state index in [0.717, 1.165) is 0 Å². The van der Waals surface area contributed by atoms with Gasteiger partial charge in [0.2, 0.25) is 5.82 Å². The molecule has 0 aliphatic carbocycles. The molecule has 90 valence electrons. The Hall–Kier alpha value is -0.820. The van der Waals surface area contributed by atoms with Gasteiger partial charge in [0.05, 0.1) is 11.0 Å². The monoisotopic (exact) mass is 258 g/mol. The van der Waals surface area contributed by atoms with Crippen molar-refractivity contribution in [2.75, 3.05) is 5.75 Å². The molecule has 0 radical (unpaired) electrons. The molecule has 1 atom stereocenters. The van der Waals surface area contributed by atoms with Crippen molar-refractivity contribution in [2.45, 2.75) is 17.9 Å². The predicted molar refractivity (Wildman–Crippen MR) is 48.6 cm³/mol. The predicted octanol–water partition coefficient (Wildman–Crippen LogP) is 2.86. The van der Waals surface area contributed by atoms with E-state index in [1.54, 1.807) is 0 Å². The zero-order valence-electron chi connectivity index (χ0n) is 8.03. The third-order valence-electron chi connectivity index (χ3n) is 1.64. The summed E-state index contributed by atoms with van der Waals surface area (Å²) in [5, 5.41) is 8.86. The van der Waals surface area contributed by atoms with Crippen LogP contribution < -0.4 is 0 Å². The van der Waals surface area contributed by atoms with Crippen LogP contribution in [-0.2, 0) is 0 Å². The zero-order valence-corrected chi connectivity index (χ0v) is 8.85. The highest BCUT2D eigenvalue weighted by atomic mass is 32.2. The molecule has 0 spiro atoms. The van der Waals surface area contributed by atoms with Crippen LogP contribution >= 0.6 is 11.8 Å². The fourth-order valence-corrected chi connectivity index (χ4v) is 1.76. The average molecular weight is 258 g/mol. The number of rotatable bonds is 3. The smallest absolute Gasteiger partial charge is 0.200 e. The lowest BCUT2D eigenvalue weighted by atomic mass is 10.3. The molecule has 7 heteroatoms. The van der Waals surface area contributed by atoms with Gasteiger partial charge in [0.25, 0.3) is 0 Å². The summed E-state index contributed by atoms with van der Waals surface area (Å²) in [6.45, 7) is 1.33. The van der Waals surface area contributed by atoms with E-state index in [2.05, 4.69) is 0 Å². The molecule has 0 saturated carbocycles. The van der Waals surface area contributed by atoms with Crippen molar-refractivity contribution in [1.29, 1.82) is 0 Å². The van der Waals surface area contributed by atoms with E-state index in [0.29, 0.717) is 11.8 Å². The quantitative estimate of drug-likeness (QED) is 0.389. The van der Waals surface area contributed by atoms with Crippen LogP contribution in [0, 0.1) is 29.1 Å². The number of hydrogen-bond acceptors (Lipinski definition) is 2. The first-order valence-corrected chi connectivity index (χ1v) is 5.17. The van der Waals surface area contributed by atoms with Crippen LogP contribution in [0.1, 0.15) is 6.92 Å². The van der Waals surface area contributed by atoms with Crippen LogP contribution in [0.15, 0.2) is 4.90 Å². The molecule has 0 fully saturated rings. The maximum absolute atomic E-state index is 13.0. The van der Waals surface area contributed by atoms with Gasteiger partial charge in [-0.25, -0.2) is 22.0 Å². The number of thioether (sulfide) groups is 1. The van der Waals surface area contributed by atoms with Gasteiger partial charge >= 0.3 is 0 Å². The zero-order chi connectivity index (χ0) is 12.5. The minimum Gasteiger partial charge on any atom is -0.393 e. The summed E-state index contributed by atoms with van der Waals surface area (Å²) >= 11 is 0.372. The second-order valence-corrected chi connectivity index (χ2v) is 4.09. The van der Waals surface area contributed by atoms with E-state index in [1.807, 2.05) is 0 Å². The Morgan fingerprint density at radius 1 is 0.938 bits per heavy atom. The normalized spacial score (nSPS) is 12.9. The van der Waals surface area contributed by atoms with E-state index in [4.69, 9.17) is 5.11 Å². The second-order valence-electron chi connectivity index (χ2n) is 3.06. The largest absolute Gasteiger partial charge is 0.393 e. The van der Waals surface area contributed by atoms with Crippen molar-refractivity contribution < 1.29 is 27.1 Å². The molecule has 1 unspecified atom stereocenters. The van der Waals surface area contributed by atoms with Gasteiger partial charge in [-0.3, -0.25) is 0 Å². The van der Waals surface area contributed by atoms with Crippen LogP contribution in [-0.4, -0.2) is 17.0 Å². The van der Waals surface area contributed by atoms with Gasteiger partial charge in [-0.1, -0.05) is 0 Å². The molecule has 0 aliphatic heterocycles. The first kappa shape index (κ1) is 13.2. The Morgan fingerprint density at radius 2 is 1.31 bits per heavy atom. The van der Waals surface area contributed by atoms with E-state index in [1.165, 1.54) is 6.92 Å². The maximum Gasteiger partial charge on any atom is 0.200 e. The fourth-order valence-electron chi connectivity index (χ4n) is 0.915. The van der Waals surface area contributed by atoms with Gasteiger partial charge in [-0.15, -0.1) is 11.8 Å². The van der Waals surface area contributed by atoms with E-state index in [9.17, 15) is 22.0 Å². The summed E-state index contributed by atoms with van der Waals surface area (Å²) < 4.78 is 64.0. The molecular formula is C9H7F5OS. The summed E-state index contributed by atoms with van der Waals surface area (Å²) in [6, 6.07) is 0. The molecule has 16 heavy (non-hydrogen) atoms. The lowest BCUT2D eigenvalue weighted by Crippen LogP contribution is -2.07. The Balaban J connectivity index is 3.18. The van der Waals surface area contributed by atoms with Crippen molar-refractivity contribution in [3.05, 3.63) is 29.1 Å². The first-order valence-electron chi connectivity index (χ1n) is 4.18. The third kappa shape index (κ3) is 2.46. The molecule has 0 bridgehead atoms. The topological polar surface area (TPSA) is 20.2 Å². The fraction of sp³-hybridized carbons (Fsp3) is 0.333. The average Bonchev–Trinajstić information content (AvgIpc) is 2.23. The highest BCUT2D eigenvalue weighted by molar-refractivity contribution is 7.99. The van der Waals surface area contributed by atoms with Crippen molar-refractivity contribution >= 4 is 11.8 Å². The Kier molecular flexibility index (Phi) is 4.15. The molecule has 1 N–H and O–H groups in total. The number of hydrogen-bond donors (Lipinski definition) is 1. The van der Waals surface area contributed by atoms with Gasteiger partial charge in [0.1, 0.15) is 0 Å². The van der Waals surface area contributed by atoms with Gasteiger partial charge in [-0.2, -0.15) is 0 Å². The summed E-state index contributed by atoms with van der Waals surface area (Å²) in [5.74, 6) is -10.1. The Labute approximate surface area is 92.3 Å². The summed E-state index contributed by atoms with van der Waals surface area (Å²) in [4.78, 5) is -0.975. The third-order valence-corrected chi connectivity index (χ3v) is 2.93. The van der Waals surface area contributed by atoms with E-state index < -0.39 is 40.1 Å². The lowest BCUT2D eigenvalue weighted by molar-refractivity contribution is 0.220. The molecule has 0 amide bonds. The maximum atomic E-state index is 13.0. The van der Waals surface area contributed by atoms with Gasteiger partial charge < -0.3 is 5.11 Å². The molecule has 1 aromatic rings. The SMILES string of the molecule is CC(O)CSc1c(F)c(F)c(F)c(F)c1F. The van der Waals surface area contributed by atoms with Crippen LogP contribution in [0.3, 0.4) is 0 Å². The lowest BCUT2D eigenvalue weighted by Gasteiger charge is -2.08. The van der Waals surface area contributed by atoms with Gasteiger partial charge in [-0.05, 0) is 6.92 Å². The van der Waals surface area contributed by atoms with Crippen LogP contribution in [0.2, 0.25) is 0 Å². The summed E-state index contributed by atoms with van der Waals surface area (Å²) in [6.07, 6.45) is -0.917. The van der Waals surface area contributed by atoms with Gasteiger partial charge in [0, 0.05) is 5.75 Å². The van der Waals surface area contributed by atoms with Crippen molar-refractivity contribution in [3.63, 3.8) is 0 Å². The highest BCUT2D eigenvalue weighted by Gasteiger charge is 2.25. The van der Waals surface area contributed by atoms with Crippen molar-refractivity contribution in [1.82, 2.24) is 0 Å². The number of benzene rings is 1. The minimum atomic E-state index is -2.18.